The molecule has 9 heteroatoms. The fourth-order valence-electron chi connectivity index (χ4n) is 2.10. The van der Waals surface area contributed by atoms with E-state index in [2.05, 4.69) is 10.0 Å². The molecule has 0 aliphatic rings. The van der Waals surface area contributed by atoms with Crippen molar-refractivity contribution in [1.29, 1.82) is 0 Å². The molecule has 0 aliphatic heterocycles. The quantitative estimate of drug-likeness (QED) is 0.648. The van der Waals surface area contributed by atoms with E-state index in [0.29, 0.717) is 23.6 Å². The highest BCUT2D eigenvalue weighted by atomic mass is 35.5. The number of hydrogen-bond donors (Lipinski definition) is 2. The van der Waals surface area contributed by atoms with Crippen LogP contribution in [0.5, 0.6) is 0 Å². The first-order valence-electron chi connectivity index (χ1n) is 7.67. The van der Waals surface area contributed by atoms with Crippen molar-refractivity contribution < 1.29 is 17.6 Å². The number of thioether (sulfide) groups is 1. The van der Waals surface area contributed by atoms with Gasteiger partial charge in [-0.2, -0.15) is 11.8 Å². The second kappa shape index (κ2) is 9.36. The largest absolute Gasteiger partial charge is 0.351 e. The van der Waals surface area contributed by atoms with Crippen LogP contribution in [0, 0.1) is 5.82 Å². The van der Waals surface area contributed by atoms with E-state index in [1.807, 2.05) is 0 Å². The first kappa shape index (κ1) is 20.7. The van der Waals surface area contributed by atoms with E-state index in [0.717, 1.165) is 0 Å². The van der Waals surface area contributed by atoms with Crippen molar-refractivity contribution in [3.63, 3.8) is 0 Å². The molecule has 0 heterocycles. The van der Waals surface area contributed by atoms with E-state index in [1.54, 1.807) is 18.2 Å². The number of halogens is 2. The summed E-state index contributed by atoms with van der Waals surface area (Å²) in [4.78, 5) is 12.0. The van der Waals surface area contributed by atoms with E-state index >= 15 is 0 Å². The summed E-state index contributed by atoms with van der Waals surface area (Å²) in [6.07, 6.45) is 0. The Hall–Kier alpha value is -1.61. The highest BCUT2D eigenvalue weighted by molar-refractivity contribution is 7.98. The SMILES string of the molecule is CNS(=O)(=O)c1cc(C(=O)NCCSCc2ccccc2F)ccc1Cl. The Morgan fingerprint density at radius 1 is 1.23 bits per heavy atom. The summed E-state index contributed by atoms with van der Waals surface area (Å²) >= 11 is 7.39. The third-order valence-corrected chi connectivity index (χ3v) is 6.40. The molecule has 140 valence electrons. The lowest BCUT2D eigenvalue weighted by Gasteiger charge is -2.09. The lowest BCUT2D eigenvalue weighted by Crippen LogP contribution is -2.26. The Kier molecular flexibility index (Phi) is 7.45. The van der Waals surface area contributed by atoms with Gasteiger partial charge < -0.3 is 5.32 Å². The predicted molar refractivity (Wildman–Crippen MR) is 103 cm³/mol. The standard InChI is InChI=1S/C17H18ClFN2O3S2/c1-20-26(23,24)16-10-12(6-7-14(16)18)17(22)21-8-9-25-11-13-4-2-3-5-15(13)19/h2-7,10,20H,8-9,11H2,1H3,(H,21,22). The summed E-state index contributed by atoms with van der Waals surface area (Å²) in [6.45, 7) is 0.370. The Morgan fingerprint density at radius 3 is 2.65 bits per heavy atom. The topological polar surface area (TPSA) is 75.3 Å². The van der Waals surface area contributed by atoms with Crippen LogP contribution < -0.4 is 10.0 Å². The van der Waals surface area contributed by atoms with Gasteiger partial charge in [-0.15, -0.1) is 0 Å². The van der Waals surface area contributed by atoms with E-state index < -0.39 is 15.9 Å². The minimum absolute atomic E-state index is 0.0383. The third-order valence-electron chi connectivity index (χ3n) is 3.50. The molecular weight excluding hydrogens is 399 g/mol. The summed E-state index contributed by atoms with van der Waals surface area (Å²) in [5, 5.41) is 2.74. The maximum Gasteiger partial charge on any atom is 0.251 e. The maximum absolute atomic E-state index is 13.5. The van der Waals surface area contributed by atoms with Crippen LogP contribution in [-0.2, 0) is 15.8 Å². The Balaban J connectivity index is 1.88. The molecule has 0 unspecified atom stereocenters. The average Bonchev–Trinajstić information content (AvgIpc) is 2.63. The number of amides is 1. The molecule has 2 aromatic carbocycles. The van der Waals surface area contributed by atoms with Gasteiger partial charge in [0.25, 0.3) is 5.91 Å². The number of carbonyl (C=O) groups is 1. The summed E-state index contributed by atoms with van der Waals surface area (Å²) in [7, 11) is -2.48. The number of sulfonamides is 1. The zero-order valence-electron chi connectivity index (χ0n) is 14.0. The van der Waals surface area contributed by atoms with Crippen molar-refractivity contribution in [2.45, 2.75) is 10.6 Å². The number of hydrogen-bond acceptors (Lipinski definition) is 4. The van der Waals surface area contributed by atoms with Crippen LogP contribution >= 0.6 is 23.4 Å². The highest BCUT2D eigenvalue weighted by Gasteiger charge is 2.18. The molecule has 2 N–H and O–H groups in total. The molecule has 26 heavy (non-hydrogen) atoms. The summed E-state index contributed by atoms with van der Waals surface area (Å²) in [5.41, 5.74) is 0.811. The normalized spacial score (nSPS) is 11.3. The Morgan fingerprint density at radius 2 is 1.96 bits per heavy atom. The van der Waals surface area contributed by atoms with E-state index in [4.69, 9.17) is 11.6 Å². The fraction of sp³-hybridized carbons (Fsp3) is 0.235. The van der Waals surface area contributed by atoms with Crippen molar-refractivity contribution in [1.82, 2.24) is 10.0 Å². The smallest absolute Gasteiger partial charge is 0.251 e. The molecular formula is C17H18ClFN2O3S2. The Bertz CT molecular complexity index is 891. The second-order valence-corrected chi connectivity index (χ2v) is 8.62. The van der Waals surface area contributed by atoms with E-state index in [1.165, 1.54) is 43.1 Å². The first-order valence-corrected chi connectivity index (χ1v) is 10.7. The summed E-state index contributed by atoms with van der Waals surface area (Å²) in [6, 6.07) is 10.6. The predicted octanol–water partition coefficient (Wildman–Crippen LogP) is 3.05. The zero-order valence-corrected chi connectivity index (χ0v) is 16.3. The van der Waals surface area contributed by atoms with Crippen LogP contribution in [0.2, 0.25) is 5.02 Å². The molecule has 0 bridgehead atoms. The molecule has 0 saturated heterocycles. The highest BCUT2D eigenvalue weighted by Crippen LogP contribution is 2.22. The van der Waals surface area contributed by atoms with Gasteiger partial charge in [-0.3, -0.25) is 4.79 Å². The molecule has 0 spiro atoms. The van der Waals surface area contributed by atoms with Crippen molar-refractivity contribution in [3.05, 3.63) is 64.4 Å². The number of rotatable bonds is 8. The van der Waals surface area contributed by atoms with Gasteiger partial charge in [-0.05, 0) is 36.9 Å². The van der Waals surface area contributed by atoms with Crippen LogP contribution in [0.15, 0.2) is 47.4 Å². The van der Waals surface area contributed by atoms with Gasteiger partial charge in [0, 0.05) is 23.6 Å². The van der Waals surface area contributed by atoms with Gasteiger partial charge in [0.05, 0.1) is 5.02 Å². The van der Waals surface area contributed by atoms with Crippen molar-refractivity contribution in [3.8, 4) is 0 Å². The second-order valence-electron chi connectivity index (χ2n) is 5.25. The minimum atomic E-state index is -3.75. The minimum Gasteiger partial charge on any atom is -0.351 e. The van der Waals surface area contributed by atoms with E-state index in [-0.39, 0.29) is 21.3 Å². The first-order chi connectivity index (χ1) is 12.3. The summed E-state index contributed by atoms with van der Waals surface area (Å²) < 4.78 is 39.5. The summed E-state index contributed by atoms with van der Waals surface area (Å²) in [5.74, 6) is 0.452. The zero-order chi connectivity index (χ0) is 19.2. The molecule has 0 radical (unpaired) electrons. The van der Waals surface area contributed by atoms with E-state index in [9.17, 15) is 17.6 Å². The maximum atomic E-state index is 13.5. The lowest BCUT2D eigenvalue weighted by molar-refractivity contribution is 0.0956. The molecule has 1 amide bonds. The Labute approximate surface area is 161 Å². The van der Waals surface area contributed by atoms with Crippen LogP contribution in [0.3, 0.4) is 0 Å². The molecule has 2 aromatic rings. The van der Waals surface area contributed by atoms with Gasteiger partial charge in [0.15, 0.2) is 0 Å². The van der Waals surface area contributed by atoms with Gasteiger partial charge in [-0.25, -0.2) is 17.5 Å². The van der Waals surface area contributed by atoms with Crippen molar-refractivity contribution >= 4 is 39.3 Å². The lowest BCUT2D eigenvalue weighted by atomic mass is 10.2. The number of nitrogens with one attached hydrogen (secondary N) is 2. The van der Waals surface area contributed by atoms with Crippen molar-refractivity contribution in [2.24, 2.45) is 0 Å². The van der Waals surface area contributed by atoms with Gasteiger partial charge in [-0.1, -0.05) is 29.8 Å². The monoisotopic (exact) mass is 416 g/mol. The van der Waals surface area contributed by atoms with Crippen molar-refractivity contribution in [2.75, 3.05) is 19.3 Å². The van der Waals surface area contributed by atoms with Gasteiger partial charge in [0.2, 0.25) is 10.0 Å². The van der Waals surface area contributed by atoms with Gasteiger partial charge in [0.1, 0.15) is 10.7 Å². The fourth-order valence-corrected chi connectivity index (χ4v) is 4.19. The molecule has 0 aliphatic carbocycles. The molecule has 0 fully saturated rings. The number of benzene rings is 2. The van der Waals surface area contributed by atoms with Crippen LogP contribution in [0.1, 0.15) is 15.9 Å². The van der Waals surface area contributed by atoms with Gasteiger partial charge >= 0.3 is 0 Å². The molecule has 0 aromatic heterocycles. The number of carbonyl (C=O) groups excluding carboxylic acids is 1. The molecule has 2 rings (SSSR count). The van der Waals surface area contributed by atoms with Crippen LogP contribution in [-0.4, -0.2) is 33.7 Å². The van der Waals surface area contributed by atoms with Crippen LogP contribution in [0.4, 0.5) is 4.39 Å². The molecule has 0 atom stereocenters. The molecule has 0 saturated carbocycles. The average molecular weight is 417 g/mol. The molecule has 5 nitrogen and oxygen atoms in total. The van der Waals surface area contributed by atoms with Crippen LogP contribution in [0.25, 0.3) is 0 Å². The third kappa shape index (κ3) is 5.44.